The second-order valence-corrected chi connectivity index (χ2v) is 16.1. The van der Waals surface area contributed by atoms with Gasteiger partial charge in [0.2, 0.25) is 10.0 Å². The first-order valence-electron chi connectivity index (χ1n) is 15.4. The molecule has 0 aliphatic carbocycles. The van der Waals surface area contributed by atoms with Crippen molar-refractivity contribution in [3.63, 3.8) is 0 Å². The summed E-state index contributed by atoms with van der Waals surface area (Å²) >= 11 is 7.85. The van der Waals surface area contributed by atoms with Gasteiger partial charge in [0, 0.05) is 36.5 Å². The Bertz CT molecular complexity index is 2180. The molecule has 17 heteroatoms. The quantitative estimate of drug-likeness (QED) is 0.287. The Labute approximate surface area is 282 Å². The first kappa shape index (κ1) is 31.6. The van der Waals surface area contributed by atoms with E-state index in [1.165, 1.54) is 6.07 Å². The maximum absolute atomic E-state index is 17.1. The summed E-state index contributed by atoms with van der Waals surface area (Å²) < 4.78 is 86.3. The first-order chi connectivity index (χ1) is 22.9. The third kappa shape index (κ3) is 4.85. The number of nitrogens with two attached hydrogens (primary N) is 1. The van der Waals surface area contributed by atoms with Gasteiger partial charge in [0.05, 0.1) is 38.5 Å². The number of hydrogen-bond acceptors (Lipinski definition) is 11. The van der Waals surface area contributed by atoms with Crippen molar-refractivity contribution in [2.24, 2.45) is 0 Å². The average molecular weight is 720 g/mol. The summed E-state index contributed by atoms with van der Waals surface area (Å²) in [4.78, 5) is 13.2. The number of hydrogen-bond donors (Lipinski definition) is 2. The molecule has 3 fully saturated rings. The SMILES string of the molecule is CS(=O)(=O)NC1CCN2c3nc(OCC45CCCN4C[C@H](F)C5)nc4c(F)c(-c5ccc(F)c6sc(N)c(C#N)c56)c(Cl)c(c34)OCC12. The molecule has 48 heavy (non-hydrogen) atoms. The van der Waals surface area contributed by atoms with Crippen LogP contribution in [0.15, 0.2) is 12.1 Å². The number of nitrogens with one attached hydrogen (secondary N) is 1. The van der Waals surface area contributed by atoms with Gasteiger partial charge in [-0.05, 0) is 37.4 Å². The Hall–Kier alpha value is -3.62. The number of ether oxygens (including phenoxy) is 2. The lowest BCUT2D eigenvalue weighted by Crippen LogP contribution is -2.47. The van der Waals surface area contributed by atoms with Crippen molar-refractivity contribution in [1.29, 1.82) is 5.26 Å². The molecule has 4 atom stereocenters. The number of anilines is 2. The van der Waals surface area contributed by atoms with Crippen molar-refractivity contribution >= 4 is 64.8 Å². The fraction of sp³-hybridized carbons (Fsp3) is 0.452. The molecule has 4 aliphatic rings. The highest BCUT2D eigenvalue weighted by Gasteiger charge is 2.50. The van der Waals surface area contributed by atoms with E-state index in [2.05, 4.69) is 14.6 Å². The number of sulfonamides is 1. The van der Waals surface area contributed by atoms with Crippen LogP contribution in [0.3, 0.4) is 0 Å². The minimum Gasteiger partial charge on any atom is -0.489 e. The van der Waals surface area contributed by atoms with Gasteiger partial charge in [-0.1, -0.05) is 17.7 Å². The van der Waals surface area contributed by atoms with E-state index in [1.807, 2.05) is 11.0 Å². The predicted octanol–water partition coefficient (Wildman–Crippen LogP) is 4.74. The van der Waals surface area contributed by atoms with E-state index in [9.17, 15) is 22.5 Å². The lowest BCUT2D eigenvalue weighted by Gasteiger charge is -2.31. The molecule has 0 spiro atoms. The minimum atomic E-state index is -3.59. The van der Waals surface area contributed by atoms with E-state index >= 15 is 4.39 Å². The van der Waals surface area contributed by atoms with Crippen LogP contribution in [-0.4, -0.2) is 86.2 Å². The normalized spacial score (nSPS) is 25.2. The van der Waals surface area contributed by atoms with Crippen LogP contribution >= 0.6 is 22.9 Å². The molecule has 11 nitrogen and oxygen atoms in total. The van der Waals surface area contributed by atoms with Crippen LogP contribution in [0.25, 0.3) is 32.1 Å². The van der Waals surface area contributed by atoms with E-state index in [1.54, 1.807) is 0 Å². The average Bonchev–Trinajstić information content (AvgIpc) is 3.74. The minimum absolute atomic E-state index is 0.0160. The number of nitrogens with zero attached hydrogens (tertiary/aromatic N) is 5. The molecule has 8 rings (SSSR count). The lowest BCUT2D eigenvalue weighted by atomic mass is 9.95. The number of fused-ring (bicyclic) bond motifs is 4. The molecule has 4 aliphatic heterocycles. The maximum atomic E-state index is 17.1. The van der Waals surface area contributed by atoms with Crippen molar-refractivity contribution in [1.82, 2.24) is 19.6 Å². The summed E-state index contributed by atoms with van der Waals surface area (Å²) in [6.45, 7) is 1.47. The molecular weight excluding hydrogens is 691 g/mol. The van der Waals surface area contributed by atoms with Crippen LogP contribution < -0.4 is 24.8 Å². The van der Waals surface area contributed by atoms with Crippen LogP contribution in [0.2, 0.25) is 5.02 Å². The number of halogens is 4. The van der Waals surface area contributed by atoms with Gasteiger partial charge in [0.25, 0.3) is 0 Å². The van der Waals surface area contributed by atoms with Crippen LogP contribution in [-0.2, 0) is 10.0 Å². The highest BCUT2D eigenvalue weighted by molar-refractivity contribution is 7.88. The van der Waals surface area contributed by atoms with Crippen LogP contribution in [0.4, 0.5) is 24.0 Å². The molecule has 3 N–H and O–H groups in total. The van der Waals surface area contributed by atoms with Crippen LogP contribution in [0.1, 0.15) is 31.2 Å². The molecule has 3 unspecified atom stereocenters. The summed E-state index contributed by atoms with van der Waals surface area (Å²) in [6, 6.07) is 3.22. The molecule has 6 heterocycles. The number of benzene rings is 2. The molecule has 0 saturated carbocycles. The van der Waals surface area contributed by atoms with Crippen LogP contribution in [0, 0.1) is 23.0 Å². The maximum Gasteiger partial charge on any atom is 0.319 e. The van der Waals surface area contributed by atoms with Gasteiger partial charge in [-0.15, -0.1) is 11.3 Å². The summed E-state index contributed by atoms with van der Waals surface area (Å²) in [6.07, 6.45) is 2.44. The topological polar surface area (TPSA) is 147 Å². The summed E-state index contributed by atoms with van der Waals surface area (Å²) in [5.41, 5.74) is 5.26. The molecule has 0 radical (unpaired) electrons. The second kappa shape index (κ2) is 11.2. The first-order valence-corrected chi connectivity index (χ1v) is 18.5. The fourth-order valence-corrected chi connectivity index (χ4v) is 10.0. The van der Waals surface area contributed by atoms with E-state index < -0.39 is 45.5 Å². The number of alkyl halides is 1. The molecule has 3 saturated heterocycles. The Morgan fingerprint density at radius 1 is 1.29 bits per heavy atom. The fourth-order valence-electron chi connectivity index (χ4n) is 7.94. The number of aromatic nitrogens is 2. The Morgan fingerprint density at radius 3 is 2.88 bits per heavy atom. The second-order valence-electron chi connectivity index (χ2n) is 12.9. The van der Waals surface area contributed by atoms with Gasteiger partial charge < -0.3 is 20.1 Å². The summed E-state index contributed by atoms with van der Waals surface area (Å²) in [5, 5.41) is 10.1. The monoisotopic (exact) mass is 719 g/mol. The van der Waals surface area contributed by atoms with Gasteiger partial charge in [-0.3, -0.25) is 4.90 Å². The molecule has 0 amide bonds. The predicted molar refractivity (Wildman–Crippen MR) is 176 cm³/mol. The zero-order valence-electron chi connectivity index (χ0n) is 25.5. The molecule has 4 aromatic rings. The number of rotatable bonds is 6. The lowest BCUT2D eigenvalue weighted by molar-refractivity contribution is 0.107. The smallest absolute Gasteiger partial charge is 0.319 e. The zero-order valence-corrected chi connectivity index (χ0v) is 27.9. The molecule has 2 aromatic carbocycles. The van der Waals surface area contributed by atoms with Crippen molar-refractivity contribution in [3.05, 3.63) is 34.4 Å². The van der Waals surface area contributed by atoms with E-state index in [-0.39, 0.29) is 78.5 Å². The highest BCUT2D eigenvalue weighted by atomic mass is 35.5. The van der Waals surface area contributed by atoms with Crippen molar-refractivity contribution < 1.29 is 31.1 Å². The van der Waals surface area contributed by atoms with Gasteiger partial charge >= 0.3 is 6.01 Å². The third-order valence-electron chi connectivity index (χ3n) is 9.95. The van der Waals surface area contributed by atoms with Gasteiger partial charge in [0.15, 0.2) is 11.6 Å². The van der Waals surface area contributed by atoms with Crippen molar-refractivity contribution in [3.8, 4) is 29.0 Å². The van der Waals surface area contributed by atoms with E-state index in [0.717, 1.165) is 43.0 Å². The Morgan fingerprint density at radius 2 is 2.10 bits per heavy atom. The molecule has 2 aromatic heterocycles. The van der Waals surface area contributed by atoms with Gasteiger partial charge in [-0.2, -0.15) is 15.2 Å². The molecular formula is C31H29ClF3N7O4S2. The Kier molecular flexibility index (Phi) is 7.39. The summed E-state index contributed by atoms with van der Waals surface area (Å²) in [5.74, 6) is -1.22. The van der Waals surface area contributed by atoms with Crippen molar-refractivity contribution in [2.75, 3.05) is 49.7 Å². The van der Waals surface area contributed by atoms with Gasteiger partial charge in [-0.25, -0.2) is 26.3 Å². The largest absolute Gasteiger partial charge is 0.489 e. The zero-order chi connectivity index (χ0) is 33.7. The van der Waals surface area contributed by atoms with E-state index in [4.69, 9.17) is 31.8 Å². The van der Waals surface area contributed by atoms with E-state index in [0.29, 0.717) is 25.9 Å². The van der Waals surface area contributed by atoms with Crippen LogP contribution in [0.5, 0.6) is 11.8 Å². The number of nitriles is 1. The third-order valence-corrected chi connectivity index (χ3v) is 12.1. The number of thiophene rings is 1. The van der Waals surface area contributed by atoms with Gasteiger partial charge in [0.1, 0.15) is 47.6 Å². The highest BCUT2D eigenvalue weighted by Crippen LogP contribution is 2.52. The number of nitrogen functional groups attached to an aromatic ring is 1. The molecule has 252 valence electrons. The summed E-state index contributed by atoms with van der Waals surface area (Å²) in [7, 11) is -3.59. The Balaban J connectivity index is 1.33. The van der Waals surface area contributed by atoms with Crippen molar-refractivity contribution in [2.45, 2.75) is 49.5 Å². The standard InChI is InChI=1S/C31H29ClF3N7O4S2/c1-48(43,44)40-18-5-8-42-19(18)12-45-26-22-25(38-30(39-29(22)42)46-13-31-6-2-7-41(31)11-14(33)9-31)24(35)21(23(26)32)15-3-4-17(34)27-20(15)16(10-36)28(37)47-27/h3-4,14,18-19,40H,2,5-9,11-13,37H2,1H3/t14-,18?,19?,31?/m1/s1. The molecule has 0 bridgehead atoms.